The third-order valence-corrected chi connectivity index (χ3v) is 1.85. The van der Waals surface area contributed by atoms with Gasteiger partial charge in [-0.15, -0.1) is 0 Å². The van der Waals surface area contributed by atoms with Crippen LogP contribution in [0.1, 0.15) is 51.8 Å². The molecule has 1 aromatic heterocycles. The lowest BCUT2D eigenvalue weighted by atomic mass is 10.1. The molecule has 0 unspecified atom stereocenters. The molecule has 0 atom stereocenters. The number of rotatable bonds is 2. The molecule has 0 spiro atoms. The Bertz CT molecular complexity index is 228. The Morgan fingerprint density at radius 2 is 1.92 bits per heavy atom. The van der Waals surface area contributed by atoms with E-state index in [9.17, 15) is 0 Å². The van der Waals surface area contributed by atoms with Gasteiger partial charge in [0.2, 0.25) is 0 Å². The van der Waals surface area contributed by atoms with Gasteiger partial charge in [-0.1, -0.05) is 34.6 Å². The summed E-state index contributed by atoms with van der Waals surface area (Å²) >= 11 is 0. The van der Waals surface area contributed by atoms with E-state index in [2.05, 4.69) is 37.9 Å². The van der Waals surface area contributed by atoms with Gasteiger partial charge in [0.25, 0.3) is 0 Å². The lowest BCUT2D eigenvalue weighted by molar-refractivity contribution is 0.818. The van der Waals surface area contributed by atoms with E-state index in [-0.39, 0.29) is 0 Å². The number of hydrogen-bond donors (Lipinski definition) is 0. The van der Waals surface area contributed by atoms with Crippen LogP contribution in [-0.2, 0) is 6.42 Å². The fourth-order valence-electron chi connectivity index (χ4n) is 1.03. The molecule has 0 aliphatic heterocycles. The van der Waals surface area contributed by atoms with E-state index in [1.54, 1.807) is 0 Å². The number of aryl methyl sites for hydroxylation is 1. The van der Waals surface area contributed by atoms with Crippen molar-refractivity contribution in [3.8, 4) is 0 Å². The Morgan fingerprint density at radius 3 is 2.38 bits per heavy atom. The first-order valence-corrected chi connectivity index (χ1v) is 5.19. The third kappa shape index (κ3) is 4.07. The molecule has 1 aromatic rings. The molecule has 0 saturated heterocycles. The van der Waals surface area contributed by atoms with Crippen LogP contribution in [0.5, 0.6) is 0 Å². The first-order valence-electron chi connectivity index (χ1n) is 5.19. The van der Waals surface area contributed by atoms with Gasteiger partial charge in [-0.2, -0.15) is 0 Å². The van der Waals surface area contributed by atoms with E-state index in [4.69, 9.17) is 0 Å². The minimum absolute atomic E-state index is 0.543. The predicted molar refractivity (Wildman–Crippen MR) is 59.1 cm³/mol. The molecule has 0 saturated carbocycles. The van der Waals surface area contributed by atoms with Gasteiger partial charge in [-0.3, -0.25) is 4.98 Å². The van der Waals surface area contributed by atoms with Gasteiger partial charge >= 0.3 is 0 Å². The number of nitrogens with zero attached hydrogens (tertiary/aromatic N) is 1. The molecule has 74 valence electrons. The summed E-state index contributed by atoms with van der Waals surface area (Å²) in [5.41, 5.74) is 2.58. The molecular formula is C12H21N. The van der Waals surface area contributed by atoms with Gasteiger partial charge in [0.1, 0.15) is 0 Å². The largest absolute Gasteiger partial charge is 0.261 e. The second-order valence-corrected chi connectivity index (χ2v) is 3.10. The number of hydrogen-bond acceptors (Lipinski definition) is 1. The standard InChI is InChI=1S/C10H15N.C2H6/c1-4-9-5-6-11-10(7-9)8(2)3;1-2/h5-8H,4H2,1-3H3;1-2H3. The van der Waals surface area contributed by atoms with Crippen molar-refractivity contribution in [2.45, 2.75) is 47.0 Å². The van der Waals surface area contributed by atoms with E-state index in [0.717, 1.165) is 6.42 Å². The molecule has 1 heteroatoms. The van der Waals surface area contributed by atoms with Crippen molar-refractivity contribution < 1.29 is 0 Å². The Labute approximate surface area is 82.2 Å². The van der Waals surface area contributed by atoms with Crippen molar-refractivity contribution in [1.82, 2.24) is 4.98 Å². The van der Waals surface area contributed by atoms with E-state index >= 15 is 0 Å². The Kier molecular flexibility index (Phi) is 6.21. The van der Waals surface area contributed by atoms with Crippen molar-refractivity contribution in [1.29, 1.82) is 0 Å². The summed E-state index contributed by atoms with van der Waals surface area (Å²) in [7, 11) is 0. The molecule has 0 aromatic carbocycles. The Morgan fingerprint density at radius 1 is 1.31 bits per heavy atom. The van der Waals surface area contributed by atoms with Crippen LogP contribution >= 0.6 is 0 Å². The maximum atomic E-state index is 4.29. The van der Waals surface area contributed by atoms with Crippen LogP contribution in [0.2, 0.25) is 0 Å². The van der Waals surface area contributed by atoms with Crippen LogP contribution < -0.4 is 0 Å². The summed E-state index contributed by atoms with van der Waals surface area (Å²) in [5, 5.41) is 0. The first kappa shape index (κ1) is 12.2. The molecule has 1 rings (SSSR count). The van der Waals surface area contributed by atoms with Crippen molar-refractivity contribution in [3.05, 3.63) is 29.6 Å². The Balaban J connectivity index is 0.000000671. The van der Waals surface area contributed by atoms with Gasteiger partial charge in [-0.05, 0) is 30.0 Å². The molecule has 13 heavy (non-hydrogen) atoms. The average Bonchev–Trinajstić information content (AvgIpc) is 2.21. The van der Waals surface area contributed by atoms with Crippen LogP contribution in [0.4, 0.5) is 0 Å². The van der Waals surface area contributed by atoms with Gasteiger partial charge in [0.15, 0.2) is 0 Å². The lowest BCUT2D eigenvalue weighted by Gasteiger charge is -2.04. The van der Waals surface area contributed by atoms with Gasteiger partial charge in [0.05, 0.1) is 0 Å². The van der Waals surface area contributed by atoms with Crippen molar-refractivity contribution in [2.75, 3.05) is 0 Å². The summed E-state index contributed by atoms with van der Waals surface area (Å²) in [5.74, 6) is 0.543. The minimum Gasteiger partial charge on any atom is -0.261 e. The molecule has 1 nitrogen and oxygen atoms in total. The highest BCUT2D eigenvalue weighted by molar-refractivity contribution is 5.18. The third-order valence-electron chi connectivity index (χ3n) is 1.85. The maximum Gasteiger partial charge on any atom is 0.0431 e. The zero-order chi connectivity index (χ0) is 10.3. The molecule has 0 aliphatic rings. The summed E-state index contributed by atoms with van der Waals surface area (Å²) in [6.45, 7) is 10.5. The van der Waals surface area contributed by atoms with Crippen molar-refractivity contribution >= 4 is 0 Å². The van der Waals surface area contributed by atoms with E-state index < -0.39 is 0 Å². The summed E-state index contributed by atoms with van der Waals surface area (Å²) in [4.78, 5) is 4.29. The van der Waals surface area contributed by atoms with Gasteiger partial charge in [0, 0.05) is 11.9 Å². The van der Waals surface area contributed by atoms with Crippen LogP contribution in [0, 0.1) is 0 Å². The zero-order valence-electron chi connectivity index (χ0n) is 9.46. The summed E-state index contributed by atoms with van der Waals surface area (Å²) < 4.78 is 0. The molecule has 0 amide bonds. The lowest BCUT2D eigenvalue weighted by Crippen LogP contribution is -1.93. The van der Waals surface area contributed by atoms with E-state index in [1.165, 1.54) is 11.3 Å². The fourth-order valence-corrected chi connectivity index (χ4v) is 1.03. The monoisotopic (exact) mass is 179 g/mol. The summed E-state index contributed by atoms with van der Waals surface area (Å²) in [6, 6.07) is 4.26. The molecule has 0 bridgehead atoms. The van der Waals surface area contributed by atoms with Crippen LogP contribution in [0.15, 0.2) is 18.3 Å². The topological polar surface area (TPSA) is 12.9 Å². The number of pyridine rings is 1. The highest BCUT2D eigenvalue weighted by Crippen LogP contribution is 2.12. The van der Waals surface area contributed by atoms with Crippen LogP contribution in [0.25, 0.3) is 0 Å². The Hall–Kier alpha value is -0.850. The fraction of sp³-hybridized carbons (Fsp3) is 0.583. The van der Waals surface area contributed by atoms with E-state index in [0.29, 0.717) is 5.92 Å². The predicted octanol–water partition coefficient (Wildman–Crippen LogP) is 3.79. The molecule has 0 aliphatic carbocycles. The molecule has 0 N–H and O–H groups in total. The molecule has 1 heterocycles. The normalized spacial score (nSPS) is 9.38. The quantitative estimate of drug-likeness (QED) is 0.673. The van der Waals surface area contributed by atoms with Gasteiger partial charge in [-0.25, -0.2) is 0 Å². The molecule has 0 radical (unpaired) electrons. The second kappa shape index (κ2) is 6.64. The first-order chi connectivity index (χ1) is 6.24. The number of aromatic nitrogens is 1. The average molecular weight is 179 g/mol. The molecular weight excluding hydrogens is 158 g/mol. The van der Waals surface area contributed by atoms with Crippen molar-refractivity contribution in [2.24, 2.45) is 0 Å². The van der Waals surface area contributed by atoms with E-state index in [1.807, 2.05) is 20.0 Å². The summed E-state index contributed by atoms with van der Waals surface area (Å²) in [6.07, 6.45) is 3.00. The zero-order valence-corrected chi connectivity index (χ0v) is 9.46. The van der Waals surface area contributed by atoms with Crippen molar-refractivity contribution in [3.63, 3.8) is 0 Å². The van der Waals surface area contributed by atoms with Gasteiger partial charge < -0.3 is 0 Å². The highest BCUT2D eigenvalue weighted by Gasteiger charge is 1.99. The van der Waals surface area contributed by atoms with Crippen LogP contribution in [0.3, 0.4) is 0 Å². The smallest absolute Gasteiger partial charge is 0.0431 e. The highest BCUT2D eigenvalue weighted by atomic mass is 14.7. The second-order valence-electron chi connectivity index (χ2n) is 3.10. The van der Waals surface area contributed by atoms with Crippen LogP contribution in [-0.4, -0.2) is 4.98 Å². The minimum atomic E-state index is 0.543. The SMILES string of the molecule is CC.CCc1ccnc(C(C)C)c1. The maximum absolute atomic E-state index is 4.29. The molecule has 0 fully saturated rings.